The van der Waals surface area contributed by atoms with Gasteiger partial charge < -0.3 is 9.47 Å². The molecular formula is C14H18ClNO2. The summed E-state index contributed by atoms with van der Waals surface area (Å²) in [5.74, 6) is 1.88. The first-order chi connectivity index (χ1) is 8.50. The fourth-order valence-corrected chi connectivity index (χ4v) is 2.57. The van der Waals surface area contributed by atoms with Gasteiger partial charge in [0.1, 0.15) is 0 Å². The van der Waals surface area contributed by atoms with Gasteiger partial charge in [-0.2, -0.15) is 0 Å². The maximum Gasteiger partial charge on any atom is 0.161 e. The number of halogens is 1. The molecular weight excluding hydrogens is 250 g/mol. The summed E-state index contributed by atoms with van der Waals surface area (Å²) in [4.78, 5) is 4.69. The van der Waals surface area contributed by atoms with Crippen molar-refractivity contribution in [2.75, 3.05) is 20.1 Å². The molecule has 0 saturated carbocycles. The molecule has 4 heteroatoms. The summed E-state index contributed by atoms with van der Waals surface area (Å²) in [5.41, 5.74) is 3.09. The van der Waals surface area contributed by atoms with Gasteiger partial charge in [0, 0.05) is 5.56 Å². The minimum absolute atomic E-state index is 0.114. The van der Waals surface area contributed by atoms with Crippen LogP contribution in [0.4, 0.5) is 0 Å². The lowest BCUT2D eigenvalue weighted by molar-refractivity contribution is 0.353. The zero-order valence-electron chi connectivity index (χ0n) is 11.2. The van der Waals surface area contributed by atoms with E-state index >= 15 is 0 Å². The first-order valence-electron chi connectivity index (χ1n) is 5.90. The lowest BCUT2D eigenvalue weighted by atomic mass is 9.87. The number of ether oxygens (including phenoxy) is 2. The molecule has 3 nitrogen and oxygen atoms in total. The summed E-state index contributed by atoms with van der Waals surface area (Å²) in [6, 6.07) is 3.99. The van der Waals surface area contributed by atoms with Gasteiger partial charge in [-0.15, -0.1) is 11.6 Å². The molecule has 0 amide bonds. The predicted octanol–water partition coefficient (Wildman–Crippen LogP) is 3.07. The van der Waals surface area contributed by atoms with Crippen LogP contribution in [0.1, 0.15) is 25.0 Å². The van der Waals surface area contributed by atoms with Crippen molar-refractivity contribution in [1.82, 2.24) is 0 Å². The number of methoxy groups -OCH3 is 2. The number of alkyl halides is 1. The highest BCUT2D eigenvalue weighted by molar-refractivity contribution is 6.32. The zero-order valence-corrected chi connectivity index (χ0v) is 12.0. The Balaban J connectivity index is 2.58. The summed E-state index contributed by atoms with van der Waals surface area (Å²) in [6.45, 7) is 4.22. The van der Waals surface area contributed by atoms with Crippen LogP contribution in [0.5, 0.6) is 11.5 Å². The first-order valence-corrected chi connectivity index (χ1v) is 6.44. The van der Waals surface area contributed by atoms with Gasteiger partial charge in [-0.25, -0.2) is 0 Å². The second-order valence-corrected chi connectivity index (χ2v) is 5.31. The van der Waals surface area contributed by atoms with Crippen molar-refractivity contribution >= 4 is 17.3 Å². The number of aliphatic imine (C=N–C) groups is 1. The van der Waals surface area contributed by atoms with Gasteiger partial charge in [-0.1, -0.05) is 0 Å². The van der Waals surface area contributed by atoms with Gasteiger partial charge >= 0.3 is 0 Å². The van der Waals surface area contributed by atoms with Crippen LogP contribution in [0, 0.1) is 0 Å². The Bertz CT molecular complexity index is 495. The maximum atomic E-state index is 6.00. The van der Waals surface area contributed by atoms with Crippen LogP contribution in [0.2, 0.25) is 0 Å². The van der Waals surface area contributed by atoms with Crippen molar-refractivity contribution in [2.24, 2.45) is 4.99 Å². The molecule has 0 atom stereocenters. The van der Waals surface area contributed by atoms with Crippen molar-refractivity contribution < 1.29 is 9.47 Å². The monoisotopic (exact) mass is 267 g/mol. The minimum Gasteiger partial charge on any atom is -0.493 e. The number of hydrogen-bond donors (Lipinski definition) is 0. The van der Waals surface area contributed by atoms with E-state index < -0.39 is 0 Å². The number of benzene rings is 1. The zero-order chi connectivity index (χ0) is 13.3. The molecule has 18 heavy (non-hydrogen) atoms. The van der Waals surface area contributed by atoms with E-state index in [-0.39, 0.29) is 5.54 Å². The highest BCUT2D eigenvalue weighted by Crippen LogP contribution is 2.36. The van der Waals surface area contributed by atoms with Gasteiger partial charge in [-0.3, -0.25) is 4.99 Å². The van der Waals surface area contributed by atoms with Crippen LogP contribution in [0.25, 0.3) is 0 Å². The van der Waals surface area contributed by atoms with E-state index in [0.717, 1.165) is 23.4 Å². The molecule has 98 valence electrons. The molecule has 1 aliphatic heterocycles. The van der Waals surface area contributed by atoms with Gasteiger partial charge in [0.25, 0.3) is 0 Å². The molecule has 0 unspecified atom stereocenters. The van der Waals surface area contributed by atoms with E-state index in [2.05, 4.69) is 13.8 Å². The van der Waals surface area contributed by atoms with Crippen molar-refractivity contribution in [1.29, 1.82) is 0 Å². The summed E-state index contributed by atoms with van der Waals surface area (Å²) in [5, 5.41) is 0. The van der Waals surface area contributed by atoms with E-state index in [1.54, 1.807) is 14.2 Å². The fourth-order valence-electron chi connectivity index (χ4n) is 2.37. The highest BCUT2D eigenvalue weighted by atomic mass is 35.5. The van der Waals surface area contributed by atoms with Gasteiger partial charge in [-0.05, 0) is 38.0 Å². The summed E-state index contributed by atoms with van der Waals surface area (Å²) in [6.07, 6.45) is 0.878. The van der Waals surface area contributed by atoms with Crippen LogP contribution in [0.3, 0.4) is 0 Å². The molecule has 0 saturated heterocycles. The van der Waals surface area contributed by atoms with Crippen LogP contribution < -0.4 is 9.47 Å². The van der Waals surface area contributed by atoms with E-state index in [9.17, 15) is 0 Å². The summed E-state index contributed by atoms with van der Waals surface area (Å²) >= 11 is 6.00. The van der Waals surface area contributed by atoms with Crippen LogP contribution in [-0.2, 0) is 6.42 Å². The van der Waals surface area contributed by atoms with Gasteiger partial charge in [0.2, 0.25) is 0 Å². The Labute approximate surface area is 113 Å². The molecule has 0 bridgehead atoms. The van der Waals surface area contributed by atoms with E-state index in [4.69, 9.17) is 26.1 Å². The predicted molar refractivity (Wildman–Crippen MR) is 74.6 cm³/mol. The molecule has 1 aromatic rings. The largest absolute Gasteiger partial charge is 0.493 e. The molecule has 0 fully saturated rings. The maximum absolute atomic E-state index is 6.00. The summed E-state index contributed by atoms with van der Waals surface area (Å²) < 4.78 is 10.7. The molecule has 0 aliphatic carbocycles. The molecule has 1 aliphatic rings. The molecule has 0 spiro atoms. The van der Waals surface area contributed by atoms with Crippen LogP contribution in [-0.4, -0.2) is 31.4 Å². The van der Waals surface area contributed by atoms with Crippen molar-refractivity contribution in [3.8, 4) is 11.5 Å². The average Bonchev–Trinajstić information content (AvgIpc) is 2.35. The van der Waals surface area contributed by atoms with Crippen molar-refractivity contribution in [2.45, 2.75) is 25.8 Å². The van der Waals surface area contributed by atoms with Crippen LogP contribution in [0.15, 0.2) is 17.1 Å². The SMILES string of the molecule is COc1cc2c(cc1OC)C(CCl)=NC(C)(C)C2. The van der Waals surface area contributed by atoms with E-state index in [1.807, 2.05) is 12.1 Å². The number of fused-ring (bicyclic) bond motifs is 1. The lowest BCUT2D eigenvalue weighted by Crippen LogP contribution is -2.29. The molecule has 0 aromatic heterocycles. The van der Waals surface area contributed by atoms with Crippen molar-refractivity contribution in [3.05, 3.63) is 23.3 Å². The third-order valence-corrected chi connectivity index (χ3v) is 3.36. The summed E-state index contributed by atoms with van der Waals surface area (Å²) in [7, 11) is 3.28. The van der Waals surface area contributed by atoms with Crippen molar-refractivity contribution in [3.63, 3.8) is 0 Å². The number of rotatable bonds is 3. The Morgan fingerprint density at radius 3 is 2.39 bits per heavy atom. The Morgan fingerprint density at radius 1 is 1.22 bits per heavy atom. The van der Waals surface area contributed by atoms with Gasteiger partial charge in [0.15, 0.2) is 11.5 Å². The molecule has 1 aromatic carbocycles. The number of nitrogens with zero attached hydrogens (tertiary/aromatic N) is 1. The lowest BCUT2D eigenvalue weighted by Gasteiger charge is -2.29. The smallest absolute Gasteiger partial charge is 0.161 e. The van der Waals surface area contributed by atoms with E-state index in [1.165, 1.54) is 5.56 Å². The highest BCUT2D eigenvalue weighted by Gasteiger charge is 2.27. The fraction of sp³-hybridized carbons (Fsp3) is 0.500. The third-order valence-electron chi connectivity index (χ3n) is 3.11. The molecule has 0 N–H and O–H groups in total. The normalized spacial score (nSPS) is 16.8. The second-order valence-electron chi connectivity index (χ2n) is 5.05. The molecule has 2 rings (SSSR count). The topological polar surface area (TPSA) is 30.8 Å². The Hall–Kier alpha value is -1.22. The second kappa shape index (κ2) is 4.81. The standard InChI is InChI=1S/C14H18ClNO2/c1-14(2)7-9-5-12(17-3)13(18-4)6-10(9)11(8-15)16-14/h5-6H,7-8H2,1-4H3. The van der Waals surface area contributed by atoms with Gasteiger partial charge in [0.05, 0.1) is 31.4 Å². The minimum atomic E-state index is -0.114. The molecule has 1 heterocycles. The first kappa shape index (κ1) is 13.2. The van der Waals surface area contributed by atoms with Crippen LogP contribution >= 0.6 is 11.6 Å². The quantitative estimate of drug-likeness (QED) is 0.788. The third kappa shape index (κ3) is 2.32. The van der Waals surface area contributed by atoms with E-state index in [0.29, 0.717) is 11.6 Å². The Morgan fingerprint density at radius 2 is 1.83 bits per heavy atom. The average molecular weight is 268 g/mol. The molecule has 0 radical (unpaired) electrons. The number of hydrogen-bond acceptors (Lipinski definition) is 3. The Kier molecular flexibility index (Phi) is 3.53.